The first-order chi connectivity index (χ1) is 12.8. The van der Waals surface area contributed by atoms with Crippen LogP contribution in [-0.2, 0) is 0 Å². The highest BCUT2D eigenvalue weighted by Gasteiger charge is 2.12. The Bertz CT molecular complexity index is 235. The van der Waals surface area contributed by atoms with Gasteiger partial charge in [-0.15, -0.1) is 0 Å². The minimum absolute atomic E-state index is 0.794. The van der Waals surface area contributed by atoms with Crippen molar-refractivity contribution in [3.8, 4) is 0 Å². The van der Waals surface area contributed by atoms with Gasteiger partial charge in [0.1, 0.15) is 0 Å². The lowest BCUT2D eigenvalue weighted by Crippen LogP contribution is -2.35. The maximum atomic E-state index is 2.83. The molecule has 0 rings (SSSR count). The van der Waals surface area contributed by atoms with Gasteiger partial charge in [-0.3, -0.25) is 0 Å². The molecule has 1 heteroatoms. The predicted molar refractivity (Wildman–Crippen MR) is 121 cm³/mol. The summed E-state index contributed by atoms with van der Waals surface area (Å²) >= 11 is 0. The molecule has 0 saturated heterocycles. The van der Waals surface area contributed by atoms with E-state index in [9.17, 15) is 0 Å². The first kappa shape index (κ1) is 26.0. The Morgan fingerprint density at radius 3 is 1.23 bits per heavy atom. The summed E-state index contributed by atoms with van der Waals surface area (Å²) in [5.74, 6) is 0. The summed E-state index contributed by atoms with van der Waals surface area (Å²) in [6, 6.07) is 0.794. The SMILES string of the molecule is CCCCCCCCN(CCCCCCCC)C(C)CCCCCCC. The van der Waals surface area contributed by atoms with Crippen LogP contribution in [0.1, 0.15) is 143 Å². The molecule has 158 valence electrons. The van der Waals surface area contributed by atoms with E-state index in [-0.39, 0.29) is 0 Å². The van der Waals surface area contributed by atoms with Crippen LogP contribution in [-0.4, -0.2) is 24.0 Å². The smallest absolute Gasteiger partial charge is 0.00669 e. The van der Waals surface area contributed by atoms with E-state index in [0.29, 0.717) is 0 Å². The van der Waals surface area contributed by atoms with Crippen molar-refractivity contribution in [3.05, 3.63) is 0 Å². The van der Waals surface area contributed by atoms with E-state index >= 15 is 0 Å². The van der Waals surface area contributed by atoms with Crippen molar-refractivity contribution in [1.82, 2.24) is 4.90 Å². The average Bonchev–Trinajstić information content (AvgIpc) is 2.65. The zero-order chi connectivity index (χ0) is 19.3. The molecule has 1 unspecified atom stereocenters. The summed E-state index contributed by atoms with van der Waals surface area (Å²) in [4.78, 5) is 2.83. The molecule has 1 atom stereocenters. The molecule has 0 bridgehead atoms. The predicted octanol–water partition coefficient (Wildman–Crippen LogP) is 8.76. The fraction of sp³-hybridized carbons (Fsp3) is 1.00. The Morgan fingerprint density at radius 1 is 0.462 bits per heavy atom. The Kier molecular flexibility index (Phi) is 21.2. The van der Waals surface area contributed by atoms with Crippen molar-refractivity contribution in [2.75, 3.05) is 13.1 Å². The van der Waals surface area contributed by atoms with Gasteiger partial charge in [0.15, 0.2) is 0 Å². The second-order valence-electron chi connectivity index (χ2n) is 8.62. The highest BCUT2D eigenvalue weighted by molar-refractivity contribution is 4.68. The molecule has 0 heterocycles. The molecule has 0 N–H and O–H groups in total. The fourth-order valence-electron chi connectivity index (χ4n) is 3.97. The lowest BCUT2D eigenvalue weighted by molar-refractivity contribution is 0.187. The minimum atomic E-state index is 0.794. The van der Waals surface area contributed by atoms with Gasteiger partial charge in [0.05, 0.1) is 0 Å². The standard InChI is InChI=1S/C25H53N/c1-5-8-11-14-17-20-23-26(24-21-18-15-12-9-6-2)25(4)22-19-16-13-10-7-3/h25H,5-24H2,1-4H3. The van der Waals surface area contributed by atoms with E-state index in [1.165, 1.54) is 129 Å². The average molecular weight is 368 g/mol. The van der Waals surface area contributed by atoms with E-state index in [4.69, 9.17) is 0 Å². The van der Waals surface area contributed by atoms with E-state index in [0.717, 1.165) is 6.04 Å². The Hall–Kier alpha value is -0.0400. The first-order valence-electron chi connectivity index (χ1n) is 12.5. The Balaban J connectivity index is 4.00. The molecular weight excluding hydrogens is 314 g/mol. The lowest BCUT2D eigenvalue weighted by Gasteiger charge is -2.29. The van der Waals surface area contributed by atoms with Gasteiger partial charge < -0.3 is 4.90 Å². The largest absolute Gasteiger partial charge is 0.301 e. The summed E-state index contributed by atoms with van der Waals surface area (Å²) < 4.78 is 0. The van der Waals surface area contributed by atoms with E-state index in [2.05, 4.69) is 32.6 Å². The zero-order valence-electron chi connectivity index (χ0n) is 19.2. The van der Waals surface area contributed by atoms with Crippen LogP contribution < -0.4 is 0 Å². The van der Waals surface area contributed by atoms with Crippen LogP contribution in [0, 0.1) is 0 Å². The highest BCUT2D eigenvalue weighted by atomic mass is 15.1. The first-order valence-corrected chi connectivity index (χ1v) is 12.5. The van der Waals surface area contributed by atoms with Gasteiger partial charge in [-0.05, 0) is 39.3 Å². The van der Waals surface area contributed by atoms with Crippen molar-refractivity contribution < 1.29 is 0 Å². The molecule has 26 heavy (non-hydrogen) atoms. The van der Waals surface area contributed by atoms with Crippen molar-refractivity contribution in [2.24, 2.45) is 0 Å². The van der Waals surface area contributed by atoms with E-state index in [1.807, 2.05) is 0 Å². The molecule has 0 amide bonds. The van der Waals surface area contributed by atoms with Crippen molar-refractivity contribution >= 4 is 0 Å². The molecule has 0 aromatic heterocycles. The van der Waals surface area contributed by atoms with Crippen LogP contribution in [0.2, 0.25) is 0 Å². The van der Waals surface area contributed by atoms with Crippen molar-refractivity contribution in [2.45, 2.75) is 149 Å². The van der Waals surface area contributed by atoms with Crippen LogP contribution in [0.15, 0.2) is 0 Å². The molecular formula is C25H53N. The monoisotopic (exact) mass is 367 g/mol. The normalized spacial score (nSPS) is 12.8. The van der Waals surface area contributed by atoms with E-state index in [1.54, 1.807) is 0 Å². The quantitative estimate of drug-likeness (QED) is 0.183. The van der Waals surface area contributed by atoms with Crippen LogP contribution in [0.3, 0.4) is 0 Å². The van der Waals surface area contributed by atoms with Crippen LogP contribution in [0.5, 0.6) is 0 Å². The zero-order valence-corrected chi connectivity index (χ0v) is 19.2. The maximum absolute atomic E-state index is 2.83. The number of hydrogen-bond acceptors (Lipinski definition) is 1. The van der Waals surface area contributed by atoms with Gasteiger partial charge in [0.2, 0.25) is 0 Å². The molecule has 0 radical (unpaired) electrons. The third-order valence-corrected chi connectivity index (χ3v) is 5.95. The van der Waals surface area contributed by atoms with Crippen molar-refractivity contribution in [3.63, 3.8) is 0 Å². The van der Waals surface area contributed by atoms with Gasteiger partial charge in [0.25, 0.3) is 0 Å². The molecule has 0 aliphatic rings. The maximum Gasteiger partial charge on any atom is 0.00669 e. The molecule has 0 fully saturated rings. The summed E-state index contributed by atoms with van der Waals surface area (Å²) in [6.07, 6.45) is 25.6. The third kappa shape index (κ3) is 17.4. The summed E-state index contributed by atoms with van der Waals surface area (Å²) in [5, 5.41) is 0. The summed E-state index contributed by atoms with van der Waals surface area (Å²) in [5.41, 5.74) is 0. The summed E-state index contributed by atoms with van der Waals surface area (Å²) in [6.45, 7) is 12.1. The molecule has 0 aromatic rings. The highest BCUT2D eigenvalue weighted by Crippen LogP contribution is 2.15. The van der Waals surface area contributed by atoms with Crippen LogP contribution in [0.4, 0.5) is 0 Å². The Labute approximate surface area is 167 Å². The lowest BCUT2D eigenvalue weighted by atomic mass is 10.0. The molecule has 0 saturated carbocycles. The summed E-state index contributed by atoms with van der Waals surface area (Å²) in [7, 11) is 0. The van der Waals surface area contributed by atoms with Crippen LogP contribution >= 0.6 is 0 Å². The molecule has 1 nitrogen and oxygen atoms in total. The number of nitrogens with zero attached hydrogens (tertiary/aromatic N) is 1. The molecule has 0 aliphatic heterocycles. The van der Waals surface area contributed by atoms with Gasteiger partial charge in [-0.25, -0.2) is 0 Å². The minimum Gasteiger partial charge on any atom is -0.301 e. The van der Waals surface area contributed by atoms with E-state index < -0.39 is 0 Å². The number of unbranched alkanes of at least 4 members (excludes halogenated alkanes) is 14. The van der Waals surface area contributed by atoms with Gasteiger partial charge in [0, 0.05) is 6.04 Å². The Morgan fingerprint density at radius 2 is 0.808 bits per heavy atom. The molecule has 0 spiro atoms. The third-order valence-electron chi connectivity index (χ3n) is 5.95. The molecule has 0 aliphatic carbocycles. The molecule has 0 aromatic carbocycles. The van der Waals surface area contributed by atoms with Gasteiger partial charge in [-0.1, -0.05) is 117 Å². The second kappa shape index (κ2) is 21.3. The van der Waals surface area contributed by atoms with Gasteiger partial charge in [-0.2, -0.15) is 0 Å². The topological polar surface area (TPSA) is 3.24 Å². The van der Waals surface area contributed by atoms with Crippen LogP contribution in [0.25, 0.3) is 0 Å². The van der Waals surface area contributed by atoms with Crippen molar-refractivity contribution in [1.29, 1.82) is 0 Å². The van der Waals surface area contributed by atoms with Gasteiger partial charge >= 0.3 is 0 Å². The fourth-order valence-corrected chi connectivity index (χ4v) is 3.97. The second-order valence-corrected chi connectivity index (χ2v) is 8.62. The number of rotatable bonds is 21. The number of hydrogen-bond donors (Lipinski definition) is 0.